The van der Waals surface area contributed by atoms with Crippen molar-refractivity contribution in [3.8, 4) is 5.75 Å². The molecule has 0 unspecified atom stereocenters. The second kappa shape index (κ2) is 15.7. The average molecular weight is 775 g/mol. The van der Waals surface area contributed by atoms with Gasteiger partial charge in [0.2, 0.25) is 5.91 Å². The van der Waals surface area contributed by atoms with Crippen LogP contribution in [-0.2, 0) is 20.4 Å². The van der Waals surface area contributed by atoms with Crippen molar-refractivity contribution in [2.24, 2.45) is 4.99 Å². The fourth-order valence-corrected chi connectivity index (χ4v) is 6.41. The summed E-state index contributed by atoms with van der Waals surface area (Å²) in [6, 6.07) is 11.4. The van der Waals surface area contributed by atoms with Crippen LogP contribution in [0.4, 0.5) is 17.1 Å². The topological polar surface area (TPSA) is 83.0 Å². The molecule has 1 fully saturated rings. The van der Waals surface area contributed by atoms with Crippen LogP contribution in [0.3, 0.4) is 0 Å². The monoisotopic (exact) mass is 772 g/mol. The van der Waals surface area contributed by atoms with Crippen LogP contribution < -0.4 is 20.5 Å². The molecular formula is C35H38Cl6N4O3. The smallest absolute Gasteiger partial charge is 0.253 e. The van der Waals surface area contributed by atoms with Crippen molar-refractivity contribution in [2.45, 2.75) is 84.5 Å². The van der Waals surface area contributed by atoms with Gasteiger partial charge in [-0.2, -0.15) is 0 Å². The van der Waals surface area contributed by atoms with E-state index >= 15 is 0 Å². The van der Waals surface area contributed by atoms with Crippen molar-refractivity contribution in [3.05, 3.63) is 77.7 Å². The van der Waals surface area contributed by atoms with E-state index in [0.717, 1.165) is 23.6 Å². The van der Waals surface area contributed by atoms with Gasteiger partial charge in [0.15, 0.2) is 0 Å². The number of ether oxygens (including phenoxy) is 1. The molecule has 13 heteroatoms. The maximum absolute atomic E-state index is 12.9. The summed E-state index contributed by atoms with van der Waals surface area (Å²) in [5.41, 5.74) is 6.23. The highest BCUT2D eigenvalue weighted by atomic mass is 35.5. The summed E-state index contributed by atoms with van der Waals surface area (Å²) < 4.78 is 6.23. The Morgan fingerprint density at radius 1 is 0.896 bits per heavy atom. The average Bonchev–Trinajstić information content (AvgIpc) is 3.41. The van der Waals surface area contributed by atoms with Crippen LogP contribution in [0.15, 0.2) is 41.4 Å². The minimum atomic E-state index is -0.416. The standard InChI is InChI=1S/C35H38Cl6N4O3/c1-7-34(3,4)19-11-14-24(21(16-19)35(5,6)8-2)48-15-9-10-26(46)42-20-12-13-22(36)23(17-20)43-25-18-27(47)45(44-25)33-31(40)29(38)28(37)30(39)32(33)41/h11-14,16-17H,7-10,15,18H2,1-6H3,(H,42,46)(H,43,44). The molecule has 2 amide bonds. The highest BCUT2D eigenvalue weighted by molar-refractivity contribution is 6.57. The van der Waals surface area contributed by atoms with Gasteiger partial charge in [0.25, 0.3) is 5.91 Å². The highest BCUT2D eigenvalue weighted by Gasteiger charge is 2.33. The Morgan fingerprint density at radius 3 is 2.15 bits per heavy atom. The van der Waals surface area contributed by atoms with Crippen molar-refractivity contribution in [1.29, 1.82) is 0 Å². The number of amidine groups is 1. The predicted molar refractivity (Wildman–Crippen MR) is 202 cm³/mol. The molecular weight excluding hydrogens is 737 g/mol. The van der Waals surface area contributed by atoms with Crippen LogP contribution in [0.1, 0.15) is 84.8 Å². The Labute approximate surface area is 312 Å². The van der Waals surface area contributed by atoms with Gasteiger partial charge in [-0.25, -0.2) is 10.0 Å². The summed E-state index contributed by atoms with van der Waals surface area (Å²) in [7, 11) is 0. The molecule has 1 saturated heterocycles. The molecule has 3 aromatic rings. The number of benzene rings is 3. The lowest BCUT2D eigenvalue weighted by Gasteiger charge is -2.30. The lowest BCUT2D eigenvalue weighted by molar-refractivity contribution is -0.117. The van der Waals surface area contributed by atoms with Gasteiger partial charge in [-0.3, -0.25) is 15.0 Å². The third-order valence-corrected chi connectivity index (χ3v) is 11.3. The number of hydrogen-bond acceptors (Lipinski definition) is 4. The molecule has 0 aliphatic carbocycles. The number of nitrogens with one attached hydrogen (secondary N) is 2. The number of carbonyl (C=O) groups is 2. The molecule has 3 aromatic carbocycles. The lowest BCUT2D eigenvalue weighted by atomic mass is 9.76. The highest BCUT2D eigenvalue weighted by Crippen LogP contribution is 2.48. The van der Waals surface area contributed by atoms with Gasteiger partial charge in [-0.1, -0.05) is 123 Å². The Hall–Kier alpha value is -2.39. The minimum absolute atomic E-state index is 0.0257. The van der Waals surface area contributed by atoms with E-state index in [1.54, 1.807) is 18.2 Å². The van der Waals surface area contributed by atoms with Crippen molar-refractivity contribution in [1.82, 2.24) is 5.43 Å². The maximum atomic E-state index is 12.9. The quantitative estimate of drug-likeness (QED) is 0.109. The zero-order chi connectivity index (χ0) is 35.6. The molecule has 0 saturated carbocycles. The number of nitrogens with zero attached hydrogens (tertiary/aromatic N) is 2. The normalized spacial score (nSPS) is 14.5. The first-order valence-electron chi connectivity index (χ1n) is 15.6. The number of halogens is 6. The van der Waals surface area contributed by atoms with Crippen LogP contribution in [0, 0.1) is 0 Å². The Balaban J connectivity index is 1.40. The summed E-state index contributed by atoms with van der Waals surface area (Å²) in [5, 5.41) is 4.09. The molecule has 1 heterocycles. The van der Waals surface area contributed by atoms with Crippen molar-refractivity contribution in [2.75, 3.05) is 16.9 Å². The molecule has 1 aliphatic heterocycles. The van der Waals surface area contributed by atoms with E-state index in [-0.39, 0.29) is 66.2 Å². The molecule has 1 aliphatic rings. The number of anilines is 2. The van der Waals surface area contributed by atoms with Crippen molar-refractivity contribution >= 4 is 104 Å². The molecule has 258 valence electrons. The largest absolute Gasteiger partial charge is 0.493 e. The second-order valence-electron chi connectivity index (χ2n) is 12.8. The third kappa shape index (κ3) is 8.48. The summed E-state index contributed by atoms with van der Waals surface area (Å²) in [6.07, 6.45) is 2.66. The molecule has 0 atom stereocenters. The third-order valence-electron chi connectivity index (χ3n) is 8.77. The van der Waals surface area contributed by atoms with Gasteiger partial charge in [-0.05, 0) is 59.9 Å². The number of rotatable bonds is 12. The summed E-state index contributed by atoms with van der Waals surface area (Å²) >= 11 is 37.6. The Bertz CT molecular complexity index is 1730. The van der Waals surface area contributed by atoms with Crippen LogP contribution >= 0.6 is 69.6 Å². The fraction of sp³-hybridized carbons (Fsp3) is 0.400. The Morgan fingerprint density at radius 2 is 1.52 bits per heavy atom. The van der Waals surface area contributed by atoms with Gasteiger partial charge >= 0.3 is 0 Å². The van der Waals surface area contributed by atoms with Gasteiger partial charge in [0.1, 0.15) is 17.3 Å². The first-order chi connectivity index (χ1) is 22.5. The van der Waals surface area contributed by atoms with E-state index in [1.807, 2.05) is 0 Å². The van der Waals surface area contributed by atoms with E-state index in [1.165, 1.54) is 11.1 Å². The van der Waals surface area contributed by atoms with Crippen molar-refractivity contribution < 1.29 is 14.3 Å². The van der Waals surface area contributed by atoms with Crippen molar-refractivity contribution in [3.63, 3.8) is 0 Å². The van der Waals surface area contributed by atoms with Crippen LogP contribution in [0.5, 0.6) is 5.75 Å². The first kappa shape index (κ1) is 38.4. The number of hydrazine groups is 1. The molecule has 0 aromatic heterocycles. The van der Waals surface area contributed by atoms with Crippen LogP contribution in [0.25, 0.3) is 0 Å². The zero-order valence-corrected chi connectivity index (χ0v) is 32.1. The summed E-state index contributed by atoms with van der Waals surface area (Å²) in [5.74, 6) is 0.508. The number of amides is 2. The minimum Gasteiger partial charge on any atom is -0.493 e. The molecule has 48 heavy (non-hydrogen) atoms. The van der Waals surface area contributed by atoms with E-state index < -0.39 is 5.91 Å². The number of hydrogen-bond donors (Lipinski definition) is 2. The fourth-order valence-electron chi connectivity index (χ4n) is 4.95. The zero-order valence-electron chi connectivity index (χ0n) is 27.6. The van der Waals surface area contributed by atoms with E-state index in [4.69, 9.17) is 74.3 Å². The SMILES string of the molecule is CCC(C)(C)c1ccc(OCCCC(=O)Nc2ccc(Cl)c(N=C3CC(=O)N(c4c(Cl)c(Cl)c(Cl)c(Cl)c4Cl)N3)c2)c(C(C)(C)CC)c1. The van der Waals surface area contributed by atoms with Gasteiger partial charge in [-0.15, -0.1) is 0 Å². The van der Waals surface area contributed by atoms with Gasteiger partial charge in [0, 0.05) is 17.7 Å². The first-order valence-corrected chi connectivity index (χ1v) is 17.8. The predicted octanol–water partition coefficient (Wildman–Crippen LogP) is 11.8. The maximum Gasteiger partial charge on any atom is 0.253 e. The van der Waals surface area contributed by atoms with Crippen LogP contribution in [-0.4, -0.2) is 24.3 Å². The van der Waals surface area contributed by atoms with Crippen LogP contribution in [0.2, 0.25) is 30.1 Å². The Kier molecular flexibility index (Phi) is 12.5. The van der Waals surface area contributed by atoms with E-state index in [0.29, 0.717) is 29.4 Å². The van der Waals surface area contributed by atoms with Gasteiger partial charge < -0.3 is 10.1 Å². The second-order valence-corrected chi connectivity index (χ2v) is 15.1. The van der Waals surface area contributed by atoms with E-state index in [2.05, 4.69) is 75.5 Å². The summed E-state index contributed by atoms with van der Waals surface area (Å²) in [4.78, 5) is 30.3. The summed E-state index contributed by atoms with van der Waals surface area (Å²) in [6.45, 7) is 13.7. The molecule has 0 radical (unpaired) electrons. The lowest BCUT2D eigenvalue weighted by Crippen LogP contribution is -2.36. The molecule has 7 nitrogen and oxygen atoms in total. The molecule has 4 rings (SSSR count). The van der Waals surface area contributed by atoms with Gasteiger partial charge in [0.05, 0.1) is 48.9 Å². The number of aliphatic imine (C=N–C) groups is 1. The molecule has 0 bridgehead atoms. The number of carbonyl (C=O) groups excluding carboxylic acids is 2. The molecule has 2 N–H and O–H groups in total. The molecule has 0 spiro atoms. The van der Waals surface area contributed by atoms with E-state index in [9.17, 15) is 9.59 Å².